The van der Waals surface area contributed by atoms with Crippen LogP contribution >= 0.6 is 11.3 Å². The van der Waals surface area contributed by atoms with E-state index in [0.717, 1.165) is 19.3 Å². The van der Waals surface area contributed by atoms with Gasteiger partial charge in [0.25, 0.3) is 0 Å². The fraction of sp³-hybridized carbons (Fsp3) is 0.684. The summed E-state index contributed by atoms with van der Waals surface area (Å²) >= 11 is 1.71. The number of nitrogens with zero attached hydrogens (tertiary/aromatic N) is 2. The minimum Gasteiger partial charge on any atom is -0.381 e. The highest BCUT2D eigenvalue weighted by Gasteiger charge is 2.53. The number of guanidine groups is 1. The van der Waals surface area contributed by atoms with Crippen LogP contribution in [-0.4, -0.2) is 56.7 Å². The van der Waals surface area contributed by atoms with Gasteiger partial charge in [0.2, 0.25) is 5.91 Å². The molecule has 1 heterocycles. The van der Waals surface area contributed by atoms with Gasteiger partial charge >= 0.3 is 0 Å². The summed E-state index contributed by atoms with van der Waals surface area (Å²) in [5, 5.41) is 8.99. The second-order valence-corrected chi connectivity index (χ2v) is 8.02. The summed E-state index contributed by atoms with van der Waals surface area (Å²) in [4.78, 5) is 19.2. The SMILES string of the molecule is CCC1(CC)C(NC(=NCC(=O)N(C)C)NCc2cccs2)CC1OC. The zero-order valence-corrected chi connectivity index (χ0v) is 17.4. The van der Waals surface area contributed by atoms with Crippen LogP contribution in [0.3, 0.4) is 0 Å². The number of carbonyl (C=O) groups is 1. The highest BCUT2D eigenvalue weighted by molar-refractivity contribution is 7.09. The molecule has 1 aliphatic carbocycles. The molecule has 0 spiro atoms. The highest BCUT2D eigenvalue weighted by Crippen LogP contribution is 2.48. The molecule has 2 unspecified atom stereocenters. The zero-order valence-electron chi connectivity index (χ0n) is 16.5. The van der Waals surface area contributed by atoms with Gasteiger partial charge in [-0.1, -0.05) is 19.9 Å². The van der Waals surface area contributed by atoms with E-state index in [4.69, 9.17) is 4.74 Å². The third kappa shape index (κ3) is 4.57. The van der Waals surface area contributed by atoms with Crippen molar-refractivity contribution >= 4 is 23.2 Å². The van der Waals surface area contributed by atoms with Crippen molar-refractivity contribution in [2.45, 2.75) is 51.8 Å². The van der Waals surface area contributed by atoms with Crippen LogP contribution in [0.2, 0.25) is 0 Å². The van der Waals surface area contributed by atoms with Crippen molar-refractivity contribution in [3.63, 3.8) is 0 Å². The summed E-state index contributed by atoms with van der Waals surface area (Å²) in [5.41, 5.74) is 0.117. The monoisotopic (exact) mass is 380 g/mol. The van der Waals surface area contributed by atoms with Crippen LogP contribution in [0.4, 0.5) is 0 Å². The van der Waals surface area contributed by atoms with Crippen LogP contribution in [0.5, 0.6) is 0 Å². The van der Waals surface area contributed by atoms with Gasteiger partial charge in [0.15, 0.2) is 5.96 Å². The smallest absolute Gasteiger partial charge is 0.243 e. The summed E-state index contributed by atoms with van der Waals surface area (Å²) in [6, 6.07) is 4.43. The van der Waals surface area contributed by atoms with Gasteiger partial charge in [-0.3, -0.25) is 4.79 Å². The van der Waals surface area contributed by atoms with Crippen LogP contribution < -0.4 is 10.6 Å². The zero-order chi connectivity index (χ0) is 19.2. The Hall–Kier alpha value is -1.60. The molecule has 0 aliphatic heterocycles. The first kappa shape index (κ1) is 20.7. The molecule has 1 amide bonds. The molecule has 1 aromatic rings. The molecule has 146 valence electrons. The largest absolute Gasteiger partial charge is 0.381 e. The van der Waals surface area contributed by atoms with Crippen molar-refractivity contribution in [2.24, 2.45) is 10.4 Å². The van der Waals surface area contributed by atoms with E-state index in [1.165, 1.54) is 4.88 Å². The Morgan fingerprint density at radius 1 is 1.42 bits per heavy atom. The van der Waals surface area contributed by atoms with Crippen LogP contribution in [-0.2, 0) is 16.1 Å². The van der Waals surface area contributed by atoms with Crippen LogP contribution in [0, 0.1) is 5.41 Å². The minimum absolute atomic E-state index is 0.0113. The second kappa shape index (κ2) is 9.37. The standard InChI is InChI=1S/C19H32N4O2S/c1-6-19(7-2)15(11-16(19)25-5)22-18(21-13-17(24)23(3)4)20-12-14-9-8-10-26-14/h8-10,15-16H,6-7,11-13H2,1-5H3,(H2,20,21,22). The number of ether oxygens (including phenoxy) is 1. The molecule has 2 N–H and O–H groups in total. The van der Waals surface area contributed by atoms with E-state index in [9.17, 15) is 4.79 Å². The summed E-state index contributed by atoms with van der Waals surface area (Å²) in [5.74, 6) is 0.683. The van der Waals surface area contributed by atoms with E-state index >= 15 is 0 Å². The van der Waals surface area contributed by atoms with E-state index in [1.54, 1.807) is 37.4 Å². The molecule has 6 nitrogen and oxygen atoms in total. The third-order valence-corrected chi connectivity index (χ3v) is 6.45. The molecule has 1 fully saturated rings. The van der Waals surface area contributed by atoms with Gasteiger partial charge in [0.1, 0.15) is 6.54 Å². The van der Waals surface area contributed by atoms with Crippen LogP contribution in [0.15, 0.2) is 22.5 Å². The molecule has 2 atom stereocenters. The molecule has 1 aliphatic rings. The average molecular weight is 381 g/mol. The second-order valence-electron chi connectivity index (χ2n) is 6.98. The van der Waals surface area contributed by atoms with Gasteiger partial charge in [0, 0.05) is 37.5 Å². The normalized spacial score (nSPS) is 21.8. The predicted molar refractivity (Wildman–Crippen MR) is 108 cm³/mol. The number of aliphatic imine (C=N–C) groups is 1. The number of likely N-dealkylation sites (N-methyl/N-ethyl adjacent to an activating group) is 1. The number of hydrogen-bond acceptors (Lipinski definition) is 4. The quantitative estimate of drug-likeness (QED) is 0.537. The maximum absolute atomic E-state index is 11.9. The lowest BCUT2D eigenvalue weighted by Crippen LogP contribution is -2.65. The number of nitrogens with one attached hydrogen (secondary N) is 2. The average Bonchev–Trinajstić information content (AvgIpc) is 3.14. The maximum Gasteiger partial charge on any atom is 0.243 e. The lowest BCUT2D eigenvalue weighted by atomic mass is 9.58. The van der Waals surface area contributed by atoms with Crippen molar-refractivity contribution in [1.29, 1.82) is 0 Å². The first-order chi connectivity index (χ1) is 12.5. The fourth-order valence-electron chi connectivity index (χ4n) is 3.67. The van der Waals surface area contributed by atoms with E-state index in [0.29, 0.717) is 18.5 Å². The Bertz CT molecular complexity index is 597. The third-order valence-electron chi connectivity index (χ3n) is 5.58. The van der Waals surface area contributed by atoms with Gasteiger partial charge < -0.3 is 20.3 Å². The Morgan fingerprint density at radius 3 is 2.69 bits per heavy atom. The maximum atomic E-state index is 11.9. The molecule has 0 saturated heterocycles. The number of carbonyl (C=O) groups excluding carboxylic acids is 1. The van der Waals surface area contributed by atoms with Crippen molar-refractivity contribution in [1.82, 2.24) is 15.5 Å². The molecular weight excluding hydrogens is 348 g/mol. The lowest BCUT2D eigenvalue weighted by molar-refractivity contribution is -0.127. The Kier molecular flexibility index (Phi) is 7.46. The summed E-state index contributed by atoms with van der Waals surface area (Å²) in [7, 11) is 5.29. The lowest BCUT2D eigenvalue weighted by Gasteiger charge is -2.55. The van der Waals surface area contributed by atoms with Crippen LogP contribution in [0.1, 0.15) is 38.0 Å². The van der Waals surface area contributed by atoms with E-state index < -0.39 is 0 Å². The van der Waals surface area contributed by atoms with E-state index in [1.807, 2.05) is 6.07 Å². The number of thiophene rings is 1. The van der Waals surface area contributed by atoms with Crippen molar-refractivity contribution in [2.75, 3.05) is 27.7 Å². The molecule has 0 aromatic carbocycles. The Morgan fingerprint density at radius 2 is 2.15 bits per heavy atom. The van der Waals surface area contributed by atoms with Crippen molar-refractivity contribution < 1.29 is 9.53 Å². The first-order valence-electron chi connectivity index (χ1n) is 9.27. The van der Waals surface area contributed by atoms with Crippen molar-refractivity contribution in [3.05, 3.63) is 22.4 Å². The van der Waals surface area contributed by atoms with Gasteiger partial charge in [-0.15, -0.1) is 11.3 Å². The number of rotatable bonds is 8. The fourth-order valence-corrected chi connectivity index (χ4v) is 4.31. The van der Waals surface area contributed by atoms with Crippen molar-refractivity contribution in [3.8, 4) is 0 Å². The van der Waals surface area contributed by atoms with Gasteiger partial charge in [-0.2, -0.15) is 0 Å². The summed E-state index contributed by atoms with van der Waals surface area (Å²) < 4.78 is 5.68. The number of hydrogen-bond donors (Lipinski definition) is 2. The Balaban J connectivity index is 2.07. The van der Waals surface area contributed by atoms with Gasteiger partial charge in [0.05, 0.1) is 12.6 Å². The number of methoxy groups -OCH3 is 1. The molecule has 0 bridgehead atoms. The molecule has 2 rings (SSSR count). The predicted octanol–water partition coefficient (Wildman–Crippen LogP) is 2.47. The highest BCUT2D eigenvalue weighted by atomic mass is 32.1. The molecule has 1 saturated carbocycles. The molecule has 1 aromatic heterocycles. The minimum atomic E-state index is -0.0113. The molecule has 7 heteroatoms. The first-order valence-corrected chi connectivity index (χ1v) is 10.1. The van der Waals surface area contributed by atoms with Gasteiger partial charge in [-0.25, -0.2) is 4.99 Å². The number of amides is 1. The Labute approximate surface area is 161 Å². The topological polar surface area (TPSA) is 66.0 Å². The van der Waals surface area contributed by atoms with Crippen LogP contribution in [0.25, 0.3) is 0 Å². The van der Waals surface area contributed by atoms with E-state index in [2.05, 4.69) is 40.9 Å². The molecular formula is C19H32N4O2S. The summed E-state index contributed by atoms with van der Waals surface area (Å²) in [6.07, 6.45) is 3.33. The molecule has 26 heavy (non-hydrogen) atoms. The van der Waals surface area contributed by atoms with E-state index in [-0.39, 0.29) is 24.0 Å². The summed E-state index contributed by atoms with van der Waals surface area (Å²) in [6.45, 7) is 5.27. The molecule has 0 radical (unpaired) electrons. The van der Waals surface area contributed by atoms with Gasteiger partial charge in [-0.05, 0) is 30.7 Å².